The number of rotatable bonds is 30. The average molecular weight is 762 g/mol. The van der Waals surface area contributed by atoms with Crippen molar-refractivity contribution in [1.29, 1.82) is 0 Å². The molecule has 0 saturated carbocycles. The van der Waals surface area contributed by atoms with Gasteiger partial charge in [-0.05, 0) is 25.3 Å². The Labute approximate surface area is 326 Å². The van der Waals surface area contributed by atoms with Gasteiger partial charge in [0.2, 0.25) is 11.8 Å². The summed E-state index contributed by atoms with van der Waals surface area (Å²) in [5.74, 6) is -0.795. The van der Waals surface area contributed by atoms with E-state index in [0.29, 0.717) is 25.8 Å². The van der Waals surface area contributed by atoms with Crippen molar-refractivity contribution >= 4 is 17.9 Å². The van der Waals surface area contributed by atoms with Gasteiger partial charge in [-0.3, -0.25) is 9.59 Å². The lowest BCUT2D eigenvalue weighted by Crippen LogP contribution is -2.69. The maximum atomic E-state index is 13.9. The van der Waals surface area contributed by atoms with Crippen LogP contribution in [0.15, 0.2) is 30.3 Å². The van der Waals surface area contributed by atoms with Crippen LogP contribution in [0.5, 0.6) is 0 Å². The van der Waals surface area contributed by atoms with Crippen LogP contribution in [0.4, 0.5) is 4.79 Å². The molecule has 0 aromatic heterocycles. The number of benzene rings is 1. The van der Waals surface area contributed by atoms with Crippen LogP contribution in [0.25, 0.3) is 0 Å². The van der Waals surface area contributed by atoms with Gasteiger partial charge in [-0.15, -0.1) is 0 Å². The summed E-state index contributed by atoms with van der Waals surface area (Å²) in [5, 5.41) is 37.4. The predicted molar refractivity (Wildman–Crippen MR) is 214 cm³/mol. The molecule has 2 rings (SSSR count). The van der Waals surface area contributed by atoms with Gasteiger partial charge in [0, 0.05) is 13.0 Å². The minimum atomic E-state index is -1.54. The molecule has 3 amide bonds. The molecule has 1 fully saturated rings. The number of carbonyl (C=O) groups is 3. The Morgan fingerprint density at radius 3 is 1.76 bits per heavy atom. The van der Waals surface area contributed by atoms with Crippen molar-refractivity contribution in [3.63, 3.8) is 0 Å². The Morgan fingerprint density at radius 1 is 0.741 bits per heavy atom. The molecule has 11 heteroatoms. The van der Waals surface area contributed by atoms with Crippen LogP contribution in [-0.2, 0) is 25.7 Å². The first-order valence-electron chi connectivity index (χ1n) is 21.4. The summed E-state index contributed by atoms with van der Waals surface area (Å²) in [6.45, 7) is 5.74. The van der Waals surface area contributed by atoms with E-state index in [1.807, 2.05) is 30.3 Å². The summed E-state index contributed by atoms with van der Waals surface area (Å²) < 4.78 is 11.4. The number of nitrogens with one attached hydrogen (secondary N) is 2. The van der Waals surface area contributed by atoms with Crippen LogP contribution in [0.1, 0.15) is 168 Å². The van der Waals surface area contributed by atoms with Crippen molar-refractivity contribution in [2.75, 3.05) is 13.2 Å². The maximum absolute atomic E-state index is 13.9. The smallest absolute Gasteiger partial charge is 0.408 e. The first kappa shape index (κ1) is 47.4. The summed E-state index contributed by atoms with van der Waals surface area (Å²) in [6, 6.07) is 6.90. The van der Waals surface area contributed by atoms with Gasteiger partial charge in [0.1, 0.15) is 37.0 Å². The maximum Gasteiger partial charge on any atom is 0.408 e. The number of hydrogen-bond donors (Lipinski definition) is 5. The fourth-order valence-electron chi connectivity index (χ4n) is 7.06. The topological polar surface area (TPSA) is 158 Å². The molecule has 1 aromatic rings. The molecule has 1 aliphatic rings. The third-order valence-corrected chi connectivity index (χ3v) is 10.5. The van der Waals surface area contributed by atoms with Crippen molar-refractivity contribution in [1.82, 2.24) is 15.5 Å². The van der Waals surface area contributed by atoms with Crippen molar-refractivity contribution < 1.29 is 39.2 Å². The molecule has 1 aliphatic heterocycles. The first-order valence-corrected chi connectivity index (χ1v) is 21.4. The van der Waals surface area contributed by atoms with Crippen LogP contribution in [0.3, 0.4) is 0 Å². The zero-order valence-corrected chi connectivity index (χ0v) is 33.9. The molecule has 1 heterocycles. The minimum absolute atomic E-state index is 0.0299. The second kappa shape index (κ2) is 29.5. The Balaban J connectivity index is 2.04. The number of hydrogen-bond acceptors (Lipinski definition) is 8. The van der Waals surface area contributed by atoms with Crippen LogP contribution >= 0.6 is 0 Å². The number of aliphatic hydroxyl groups excluding tert-OH is 3. The Kier molecular flexibility index (Phi) is 25.9. The number of nitrogens with zero attached hydrogens (tertiary/aromatic N) is 1. The molecule has 0 unspecified atom stereocenters. The molecular formula is C43H75N3O8. The van der Waals surface area contributed by atoms with Crippen LogP contribution in [0, 0.1) is 0 Å². The zero-order valence-electron chi connectivity index (χ0n) is 33.9. The highest BCUT2D eigenvalue weighted by atomic mass is 16.6. The lowest BCUT2D eigenvalue weighted by atomic mass is 9.94. The van der Waals surface area contributed by atoms with Gasteiger partial charge < -0.3 is 40.3 Å². The van der Waals surface area contributed by atoms with E-state index in [9.17, 15) is 29.7 Å². The van der Waals surface area contributed by atoms with E-state index >= 15 is 0 Å². The summed E-state index contributed by atoms with van der Waals surface area (Å²) in [4.78, 5) is 41.4. The summed E-state index contributed by atoms with van der Waals surface area (Å²) >= 11 is 0. The highest BCUT2D eigenvalue weighted by Crippen LogP contribution is 2.26. The summed E-state index contributed by atoms with van der Waals surface area (Å²) in [6.07, 6.45) is 18.3. The monoisotopic (exact) mass is 762 g/mol. The summed E-state index contributed by atoms with van der Waals surface area (Å²) in [7, 11) is 0. The molecule has 6 atom stereocenters. The minimum Gasteiger partial charge on any atom is -0.445 e. The van der Waals surface area contributed by atoms with E-state index in [0.717, 1.165) is 44.1 Å². The average Bonchev–Trinajstić information content (AvgIpc) is 3.17. The SMILES string of the molecule is CCCCCCCCCCCCCCN(C(=O)CCCCCCCCCCC)[C@@H]1O[C@H](CO)[C@@H](O)[C@H](O)[C@H]1NC(=O)[C@@H](C)NC(=O)OCc1ccccc1. The molecule has 1 aromatic carbocycles. The molecular weight excluding hydrogens is 686 g/mol. The lowest BCUT2D eigenvalue weighted by Gasteiger charge is -2.47. The molecule has 54 heavy (non-hydrogen) atoms. The normalized spacial score (nSPS) is 20.3. The number of ether oxygens (including phenoxy) is 2. The quantitative estimate of drug-likeness (QED) is 0.0500. The van der Waals surface area contributed by atoms with Crippen molar-refractivity contribution in [3.8, 4) is 0 Å². The van der Waals surface area contributed by atoms with Crippen molar-refractivity contribution in [2.24, 2.45) is 0 Å². The van der Waals surface area contributed by atoms with Crippen LogP contribution in [-0.4, -0.2) is 87.9 Å². The van der Waals surface area contributed by atoms with Crippen molar-refractivity contribution in [2.45, 2.75) is 205 Å². The summed E-state index contributed by atoms with van der Waals surface area (Å²) in [5.41, 5.74) is 0.794. The molecule has 0 bridgehead atoms. The standard InChI is InChI=1S/C43H75N3O8/c1-4-6-8-10-12-14-15-16-18-20-22-27-31-46(37(48)30-26-21-19-17-13-11-9-7-5-2)42-38(40(50)39(49)36(32-47)54-42)45-41(51)34(3)44-43(52)53-33-35-28-24-23-25-29-35/h23-25,28-29,34,36,38-40,42,47,49-50H,4-22,26-27,30-33H2,1-3H3,(H,44,52)(H,45,51)/t34-,36-,38-,39-,40-,42-/m1/s1. The lowest BCUT2D eigenvalue weighted by molar-refractivity contribution is -0.231. The third-order valence-electron chi connectivity index (χ3n) is 10.5. The number of amides is 3. The van der Waals surface area contributed by atoms with E-state index in [-0.39, 0.29) is 12.5 Å². The van der Waals surface area contributed by atoms with Gasteiger partial charge in [-0.25, -0.2) is 4.79 Å². The predicted octanol–water partition coefficient (Wildman–Crippen LogP) is 7.68. The Bertz CT molecular complexity index is 1130. The Hall–Kier alpha value is -2.73. The van der Waals surface area contributed by atoms with Crippen molar-refractivity contribution in [3.05, 3.63) is 35.9 Å². The first-order chi connectivity index (χ1) is 26.2. The highest BCUT2D eigenvalue weighted by molar-refractivity contribution is 5.85. The zero-order chi connectivity index (χ0) is 39.4. The number of carbonyl (C=O) groups excluding carboxylic acids is 3. The van der Waals surface area contributed by atoms with E-state index in [4.69, 9.17) is 9.47 Å². The molecule has 0 radical (unpaired) electrons. The molecule has 0 spiro atoms. The van der Waals surface area contributed by atoms with Crippen LogP contribution in [0.2, 0.25) is 0 Å². The number of alkyl carbamates (subject to hydrolysis) is 1. The van der Waals surface area contributed by atoms with Gasteiger partial charge in [-0.1, -0.05) is 166 Å². The molecule has 310 valence electrons. The van der Waals surface area contributed by atoms with E-state index in [1.54, 1.807) is 4.90 Å². The van der Waals surface area contributed by atoms with E-state index in [1.165, 1.54) is 90.4 Å². The third kappa shape index (κ3) is 19.2. The number of unbranched alkanes of at least 4 members (excludes halogenated alkanes) is 19. The van der Waals surface area contributed by atoms with Gasteiger partial charge in [0.25, 0.3) is 0 Å². The largest absolute Gasteiger partial charge is 0.445 e. The second-order valence-electron chi connectivity index (χ2n) is 15.2. The van der Waals surface area contributed by atoms with Gasteiger partial charge >= 0.3 is 6.09 Å². The molecule has 0 aliphatic carbocycles. The van der Waals surface area contributed by atoms with Gasteiger partial charge in [0.15, 0.2) is 6.23 Å². The van der Waals surface area contributed by atoms with E-state index < -0.39 is 55.2 Å². The highest BCUT2D eigenvalue weighted by Gasteiger charge is 2.48. The van der Waals surface area contributed by atoms with Gasteiger partial charge in [0.05, 0.1) is 6.61 Å². The van der Waals surface area contributed by atoms with Crippen LogP contribution < -0.4 is 10.6 Å². The molecule has 5 N–H and O–H groups in total. The molecule has 1 saturated heterocycles. The van der Waals surface area contributed by atoms with Gasteiger partial charge in [-0.2, -0.15) is 0 Å². The number of aliphatic hydroxyl groups is 3. The fraction of sp³-hybridized carbons (Fsp3) is 0.791. The molecule has 11 nitrogen and oxygen atoms in total. The Morgan fingerprint density at radius 2 is 1.24 bits per heavy atom. The second-order valence-corrected chi connectivity index (χ2v) is 15.2. The van der Waals surface area contributed by atoms with E-state index in [2.05, 4.69) is 24.5 Å². The fourth-order valence-corrected chi connectivity index (χ4v) is 7.06.